The summed E-state index contributed by atoms with van der Waals surface area (Å²) < 4.78 is 5.12. The molecule has 0 aliphatic carbocycles. The van der Waals surface area contributed by atoms with Crippen molar-refractivity contribution in [3.8, 4) is 0 Å². The molecule has 3 N–H and O–H groups in total. The number of aromatic nitrogens is 2. The van der Waals surface area contributed by atoms with Crippen molar-refractivity contribution in [3.63, 3.8) is 0 Å². The molecule has 0 saturated carbocycles. The summed E-state index contributed by atoms with van der Waals surface area (Å²) in [6, 6.07) is 25.3. The lowest BCUT2D eigenvalue weighted by atomic mass is 9.97. The van der Waals surface area contributed by atoms with Gasteiger partial charge in [0.15, 0.2) is 5.76 Å². The Labute approximate surface area is 189 Å². The molecule has 0 radical (unpaired) electrons. The lowest BCUT2D eigenvalue weighted by Gasteiger charge is -2.20. The molecule has 1 atom stereocenters. The van der Waals surface area contributed by atoms with Gasteiger partial charge in [0.25, 0.3) is 11.8 Å². The van der Waals surface area contributed by atoms with Gasteiger partial charge in [-0.1, -0.05) is 42.5 Å². The Balaban J connectivity index is 1.41. The van der Waals surface area contributed by atoms with Crippen LogP contribution in [0.4, 0.5) is 5.69 Å². The van der Waals surface area contributed by atoms with Crippen LogP contribution in [-0.2, 0) is 0 Å². The lowest BCUT2D eigenvalue weighted by molar-refractivity contribution is 0.0941. The minimum Gasteiger partial charge on any atom is -0.459 e. The minimum absolute atomic E-state index is 0.197. The van der Waals surface area contributed by atoms with E-state index >= 15 is 0 Å². The van der Waals surface area contributed by atoms with E-state index in [0.717, 1.165) is 22.2 Å². The fourth-order valence-corrected chi connectivity index (χ4v) is 3.69. The summed E-state index contributed by atoms with van der Waals surface area (Å²) in [5.41, 5.74) is 4.55. The lowest BCUT2D eigenvalue weighted by Crippen LogP contribution is -2.29. The van der Waals surface area contributed by atoms with Gasteiger partial charge in [0, 0.05) is 11.3 Å². The number of hydrogen-bond donors (Lipinski definition) is 3. The number of carbonyl (C=O) groups is 2. The van der Waals surface area contributed by atoms with Crippen LogP contribution in [0.3, 0.4) is 0 Å². The van der Waals surface area contributed by atoms with Crippen molar-refractivity contribution >= 4 is 28.5 Å². The maximum atomic E-state index is 13.2. The molecule has 0 fully saturated rings. The van der Waals surface area contributed by atoms with Crippen molar-refractivity contribution < 1.29 is 14.0 Å². The fourth-order valence-electron chi connectivity index (χ4n) is 3.69. The Bertz CT molecular complexity index is 1410. The van der Waals surface area contributed by atoms with Crippen molar-refractivity contribution in [2.45, 2.75) is 6.04 Å². The molecule has 3 aromatic carbocycles. The number of aromatic amines is 1. The van der Waals surface area contributed by atoms with Gasteiger partial charge in [-0.3, -0.25) is 9.59 Å². The van der Waals surface area contributed by atoms with E-state index in [1.54, 1.807) is 42.7 Å². The molecular formula is C26H20N4O3. The molecule has 0 saturated heterocycles. The number of H-pyrrole nitrogens is 1. The number of furan rings is 1. The highest BCUT2D eigenvalue weighted by atomic mass is 16.3. The first-order valence-corrected chi connectivity index (χ1v) is 10.4. The average Bonchev–Trinajstić information content (AvgIpc) is 3.55. The molecular weight excluding hydrogens is 416 g/mol. The van der Waals surface area contributed by atoms with E-state index in [-0.39, 0.29) is 23.6 Å². The number of amides is 2. The van der Waals surface area contributed by atoms with Crippen LogP contribution in [0.25, 0.3) is 11.0 Å². The molecule has 1 unspecified atom stereocenters. The zero-order chi connectivity index (χ0) is 22.6. The van der Waals surface area contributed by atoms with Crippen LogP contribution in [0, 0.1) is 0 Å². The highest BCUT2D eigenvalue weighted by Gasteiger charge is 2.19. The molecule has 5 rings (SSSR count). The third kappa shape index (κ3) is 4.38. The van der Waals surface area contributed by atoms with Gasteiger partial charge in [0.05, 0.1) is 29.7 Å². The Morgan fingerprint density at radius 3 is 2.55 bits per heavy atom. The predicted octanol–water partition coefficient (Wildman–Crippen LogP) is 4.93. The van der Waals surface area contributed by atoms with Gasteiger partial charge in [-0.2, -0.15) is 0 Å². The molecule has 162 valence electrons. The number of benzene rings is 3. The van der Waals surface area contributed by atoms with E-state index in [0.29, 0.717) is 11.3 Å². The van der Waals surface area contributed by atoms with Crippen LogP contribution in [0.2, 0.25) is 0 Å². The van der Waals surface area contributed by atoms with E-state index in [1.165, 1.54) is 6.26 Å². The van der Waals surface area contributed by atoms with Crippen molar-refractivity contribution in [2.75, 3.05) is 5.32 Å². The highest BCUT2D eigenvalue weighted by Crippen LogP contribution is 2.25. The van der Waals surface area contributed by atoms with E-state index in [1.807, 2.05) is 48.5 Å². The van der Waals surface area contributed by atoms with E-state index in [9.17, 15) is 9.59 Å². The summed E-state index contributed by atoms with van der Waals surface area (Å²) in [5.74, 6) is -0.446. The number of anilines is 1. The van der Waals surface area contributed by atoms with Gasteiger partial charge < -0.3 is 20.0 Å². The topological polar surface area (TPSA) is 100 Å². The Morgan fingerprint density at radius 2 is 1.73 bits per heavy atom. The summed E-state index contributed by atoms with van der Waals surface area (Å²) in [6.45, 7) is 0. The van der Waals surface area contributed by atoms with Crippen LogP contribution < -0.4 is 10.6 Å². The van der Waals surface area contributed by atoms with Crippen LogP contribution in [0.15, 0.2) is 102 Å². The maximum absolute atomic E-state index is 13.2. The van der Waals surface area contributed by atoms with E-state index in [2.05, 4.69) is 20.6 Å². The molecule has 0 spiro atoms. The van der Waals surface area contributed by atoms with Crippen molar-refractivity contribution in [2.24, 2.45) is 0 Å². The second-order valence-corrected chi connectivity index (χ2v) is 7.51. The molecule has 5 aromatic rings. The SMILES string of the molecule is O=C(NC(c1ccccc1)c1ccc2nc[nH]c2c1)c1cccc(NC(=O)c2ccco2)c1. The molecule has 0 aliphatic rings. The van der Waals surface area contributed by atoms with Crippen LogP contribution in [0.1, 0.15) is 38.1 Å². The number of carbonyl (C=O) groups excluding carboxylic acids is 2. The predicted molar refractivity (Wildman–Crippen MR) is 125 cm³/mol. The average molecular weight is 436 g/mol. The standard InChI is InChI=1S/C26H20N4O3/c31-25(19-8-4-9-20(14-19)29-26(32)23-10-5-13-33-23)30-24(17-6-2-1-3-7-17)18-11-12-21-22(15-18)28-16-27-21/h1-16,24H,(H,27,28)(H,29,32)(H,30,31). The van der Waals surface area contributed by atoms with Gasteiger partial charge in [0.2, 0.25) is 0 Å². The first kappa shape index (κ1) is 20.3. The summed E-state index contributed by atoms with van der Waals surface area (Å²) in [5, 5.41) is 5.88. The summed E-state index contributed by atoms with van der Waals surface area (Å²) in [7, 11) is 0. The summed E-state index contributed by atoms with van der Waals surface area (Å²) in [6.07, 6.45) is 3.08. The third-order valence-corrected chi connectivity index (χ3v) is 5.31. The molecule has 2 amide bonds. The number of nitrogens with one attached hydrogen (secondary N) is 3. The summed E-state index contributed by atoms with van der Waals surface area (Å²) >= 11 is 0. The monoisotopic (exact) mass is 436 g/mol. The van der Waals surface area contributed by atoms with Gasteiger partial charge >= 0.3 is 0 Å². The number of nitrogens with zero attached hydrogens (tertiary/aromatic N) is 1. The van der Waals surface area contributed by atoms with Crippen LogP contribution >= 0.6 is 0 Å². The molecule has 33 heavy (non-hydrogen) atoms. The minimum atomic E-state index is -0.382. The normalized spacial score (nSPS) is 11.8. The van der Waals surface area contributed by atoms with Gasteiger partial charge in [0.1, 0.15) is 0 Å². The third-order valence-electron chi connectivity index (χ3n) is 5.31. The largest absolute Gasteiger partial charge is 0.459 e. The highest BCUT2D eigenvalue weighted by molar-refractivity contribution is 6.03. The Morgan fingerprint density at radius 1 is 0.848 bits per heavy atom. The molecule has 2 heterocycles. The molecule has 2 aromatic heterocycles. The first-order valence-electron chi connectivity index (χ1n) is 10.4. The molecule has 7 heteroatoms. The van der Waals surface area contributed by atoms with Crippen molar-refractivity contribution in [1.82, 2.24) is 15.3 Å². The first-order chi connectivity index (χ1) is 16.2. The number of rotatable bonds is 6. The quantitative estimate of drug-likeness (QED) is 0.351. The fraction of sp³-hybridized carbons (Fsp3) is 0.0385. The smallest absolute Gasteiger partial charge is 0.291 e. The zero-order valence-electron chi connectivity index (χ0n) is 17.5. The van der Waals surface area contributed by atoms with Crippen molar-refractivity contribution in [1.29, 1.82) is 0 Å². The van der Waals surface area contributed by atoms with E-state index < -0.39 is 0 Å². The number of fused-ring (bicyclic) bond motifs is 1. The molecule has 0 aliphatic heterocycles. The van der Waals surface area contributed by atoms with Crippen LogP contribution in [-0.4, -0.2) is 21.8 Å². The second-order valence-electron chi connectivity index (χ2n) is 7.51. The Kier molecular flexibility index (Phi) is 5.43. The Hall–Kier alpha value is -4.65. The van der Waals surface area contributed by atoms with Gasteiger partial charge in [-0.25, -0.2) is 4.98 Å². The van der Waals surface area contributed by atoms with Gasteiger partial charge in [-0.05, 0) is 53.6 Å². The zero-order valence-corrected chi connectivity index (χ0v) is 17.5. The van der Waals surface area contributed by atoms with Crippen LogP contribution in [0.5, 0.6) is 0 Å². The number of hydrogen-bond acceptors (Lipinski definition) is 4. The number of imidazole rings is 1. The second kappa shape index (κ2) is 8.84. The molecule has 7 nitrogen and oxygen atoms in total. The van der Waals surface area contributed by atoms with Crippen molar-refractivity contribution in [3.05, 3.63) is 120 Å². The summed E-state index contributed by atoms with van der Waals surface area (Å²) in [4.78, 5) is 32.9. The molecule has 0 bridgehead atoms. The van der Waals surface area contributed by atoms with Gasteiger partial charge in [-0.15, -0.1) is 0 Å². The maximum Gasteiger partial charge on any atom is 0.291 e. The van der Waals surface area contributed by atoms with E-state index in [4.69, 9.17) is 4.42 Å².